The SMILES string of the molecule is CC1=C[C@@H]2C(=CC(=O)[C@H]3[C@@]2(C)C[C@@]24OC(=O)C[C@]3(C)[C@]2(C)CC[C@]23C[C@@H](C)C[C@H](CN24)O3)C(O)=C1. The number of ether oxygens (including phenoxy) is 2. The third kappa shape index (κ3) is 2.35. The van der Waals surface area contributed by atoms with Gasteiger partial charge in [-0.25, -0.2) is 4.90 Å². The van der Waals surface area contributed by atoms with E-state index in [0.29, 0.717) is 17.9 Å². The van der Waals surface area contributed by atoms with Crippen LogP contribution in [0.15, 0.2) is 35.1 Å². The molecule has 35 heavy (non-hydrogen) atoms. The zero-order valence-electron chi connectivity index (χ0n) is 21.5. The van der Waals surface area contributed by atoms with Crippen molar-refractivity contribution < 1.29 is 24.2 Å². The molecule has 0 radical (unpaired) electrons. The van der Waals surface area contributed by atoms with Crippen molar-refractivity contribution in [2.45, 2.75) is 90.7 Å². The second-order valence-corrected chi connectivity index (χ2v) is 13.6. The quantitative estimate of drug-likeness (QED) is 0.502. The van der Waals surface area contributed by atoms with Crippen LogP contribution in [0.25, 0.3) is 0 Å². The summed E-state index contributed by atoms with van der Waals surface area (Å²) in [7, 11) is 0. The number of allylic oxidation sites excluding steroid dienone is 5. The minimum absolute atomic E-state index is 0.0454. The molecule has 0 unspecified atom stereocenters. The summed E-state index contributed by atoms with van der Waals surface area (Å²) in [5.74, 6) is 0.181. The Hall–Kier alpha value is -1.92. The molecule has 7 rings (SSSR count). The molecule has 0 amide bonds. The van der Waals surface area contributed by atoms with Gasteiger partial charge in [0.1, 0.15) is 11.5 Å². The lowest BCUT2D eigenvalue weighted by molar-refractivity contribution is -0.375. The van der Waals surface area contributed by atoms with Gasteiger partial charge in [0.05, 0.1) is 12.5 Å². The van der Waals surface area contributed by atoms with Crippen molar-refractivity contribution in [3.8, 4) is 0 Å². The number of hydrogen-bond acceptors (Lipinski definition) is 6. The maximum absolute atomic E-state index is 14.0. The topological polar surface area (TPSA) is 76.1 Å². The van der Waals surface area contributed by atoms with Crippen LogP contribution in [0.5, 0.6) is 0 Å². The number of piperidine rings is 1. The minimum atomic E-state index is -0.833. The van der Waals surface area contributed by atoms with Crippen molar-refractivity contribution >= 4 is 11.8 Å². The van der Waals surface area contributed by atoms with E-state index in [-0.39, 0.29) is 47.3 Å². The Morgan fingerprint density at radius 1 is 1.14 bits per heavy atom. The van der Waals surface area contributed by atoms with Crippen LogP contribution in [0.4, 0.5) is 0 Å². The maximum Gasteiger partial charge on any atom is 0.308 e. The molecule has 6 nitrogen and oxygen atoms in total. The molecule has 1 N–H and O–H groups in total. The summed E-state index contributed by atoms with van der Waals surface area (Å²) < 4.78 is 13.4. The van der Waals surface area contributed by atoms with Crippen molar-refractivity contribution in [3.63, 3.8) is 0 Å². The first-order valence-electron chi connectivity index (χ1n) is 13.4. The Bertz CT molecular complexity index is 1170. The molecule has 6 heteroatoms. The lowest BCUT2D eigenvalue weighted by atomic mass is 9.35. The number of aliphatic hydroxyl groups excluding tert-OH is 1. The number of fused-ring (bicyclic) bond motifs is 5. The summed E-state index contributed by atoms with van der Waals surface area (Å²) in [6.07, 6.45) is 10.4. The molecule has 188 valence electrons. The predicted octanol–water partition coefficient (Wildman–Crippen LogP) is 4.82. The van der Waals surface area contributed by atoms with E-state index in [4.69, 9.17) is 9.47 Å². The normalized spacial score (nSPS) is 54.4. The molecule has 5 fully saturated rings. The van der Waals surface area contributed by atoms with E-state index >= 15 is 0 Å². The summed E-state index contributed by atoms with van der Waals surface area (Å²) in [4.78, 5) is 29.8. The summed E-state index contributed by atoms with van der Waals surface area (Å²) in [5, 5.41) is 10.9. The highest BCUT2D eigenvalue weighted by atomic mass is 16.6. The van der Waals surface area contributed by atoms with E-state index < -0.39 is 22.3 Å². The van der Waals surface area contributed by atoms with Crippen molar-refractivity contribution in [2.24, 2.45) is 34.0 Å². The molecule has 1 saturated carbocycles. The van der Waals surface area contributed by atoms with Gasteiger partial charge in [0.2, 0.25) is 0 Å². The third-order valence-electron chi connectivity index (χ3n) is 11.6. The predicted molar refractivity (Wildman–Crippen MR) is 129 cm³/mol. The number of nitrogens with zero attached hydrogens (tertiary/aromatic N) is 1. The van der Waals surface area contributed by atoms with E-state index in [9.17, 15) is 14.7 Å². The molecule has 4 saturated heterocycles. The fourth-order valence-electron chi connectivity index (χ4n) is 10.3. The molecule has 0 aromatic rings. The van der Waals surface area contributed by atoms with Crippen molar-refractivity contribution in [3.05, 3.63) is 35.1 Å². The summed E-state index contributed by atoms with van der Waals surface area (Å²) in [5.41, 5.74) is -0.951. The standard InChI is InChI=1S/C29H37NO5/c1-16-9-20-19(21(31)10-16)11-22(32)24-25(20,3)15-29-27(5,26(24,4)13-23(33)35-29)6-7-28-12-17(2)8-18(34-28)14-30(28)29/h9-11,17-18,20,24,31H,6-8,12-15H2,1-5H3/t17-,18+,20+,24-,25-,26-,27-,28-,29+/m0/s1. The van der Waals surface area contributed by atoms with Gasteiger partial charge >= 0.3 is 5.97 Å². The van der Waals surface area contributed by atoms with E-state index in [1.165, 1.54) is 0 Å². The molecular weight excluding hydrogens is 442 g/mol. The fourth-order valence-corrected chi connectivity index (χ4v) is 10.3. The van der Waals surface area contributed by atoms with Crippen LogP contribution in [0, 0.1) is 34.0 Å². The van der Waals surface area contributed by atoms with Crippen molar-refractivity contribution in [1.82, 2.24) is 4.90 Å². The van der Waals surface area contributed by atoms with Gasteiger partial charge < -0.3 is 14.6 Å². The number of aliphatic hydroxyl groups is 1. The first kappa shape index (κ1) is 22.3. The summed E-state index contributed by atoms with van der Waals surface area (Å²) >= 11 is 0. The van der Waals surface area contributed by atoms with Crippen LogP contribution in [0.2, 0.25) is 0 Å². The molecule has 3 aliphatic carbocycles. The third-order valence-corrected chi connectivity index (χ3v) is 11.6. The first-order valence-corrected chi connectivity index (χ1v) is 13.4. The van der Waals surface area contributed by atoms with Gasteiger partial charge in [0.15, 0.2) is 11.5 Å². The van der Waals surface area contributed by atoms with Crippen LogP contribution in [0.1, 0.15) is 73.1 Å². The summed E-state index contributed by atoms with van der Waals surface area (Å²) in [6.45, 7) is 11.8. The van der Waals surface area contributed by atoms with Crippen LogP contribution < -0.4 is 0 Å². The van der Waals surface area contributed by atoms with Crippen LogP contribution in [-0.2, 0) is 19.1 Å². The number of rotatable bonds is 0. The molecule has 9 atom stereocenters. The molecule has 1 spiro atoms. The van der Waals surface area contributed by atoms with E-state index in [1.807, 2.05) is 6.92 Å². The number of carbonyl (C=O) groups is 2. The molecular formula is C29H37NO5. The van der Waals surface area contributed by atoms with Gasteiger partial charge in [-0.2, -0.15) is 0 Å². The highest BCUT2D eigenvalue weighted by Gasteiger charge is 2.81. The minimum Gasteiger partial charge on any atom is -0.508 e. The Balaban J connectivity index is 1.47. The largest absolute Gasteiger partial charge is 0.508 e. The highest BCUT2D eigenvalue weighted by Crippen LogP contribution is 2.77. The first-order chi connectivity index (χ1) is 16.4. The van der Waals surface area contributed by atoms with E-state index in [0.717, 1.165) is 37.8 Å². The van der Waals surface area contributed by atoms with Gasteiger partial charge in [-0.3, -0.25) is 9.59 Å². The average Bonchev–Trinajstić information content (AvgIpc) is 3.01. The second-order valence-electron chi connectivity index (χ2n) is 13.6. The molecule has 4 aliphatic heterocycles. The highest BCUT2D eigenvalue weighted by molar-refractivity contribution is 5.97. The number of ketones is 1. The lowest BCUT2D eigenvalue weighted by Gasteiger charge is -2.75. The molecule has 7 aliphatic rings. The van der Waals surface area contributed by atoms with E-state index in [1.54, 1.807) is 12.2 Å². The van der Waals surface area contributed by atoms with Crippen LogP contribution >= 0.6 is 0 Å². The Labute approximate surface area is 207 Å². The van der Waals surface area contributed by atoms with Gasteiger partial charge in [-0.15, -0.1) is 0 Å². The number of hydrogen-bond donors (Lipinski definition) is 1. The molecule has 0 aromatic heterocycles. The monoisotopic (exact) mass is 479 g/mol. The number of carbonyl (C=O) groups excluding carboxylic acids is 2. The van der Waals surface area contributed by atoms with Gasteiger partial charge in [-0.05, 0) is 61.5 Å². The Morgan fingerprint density at radius 2 is 1.91 bits per heavy atom. The zero-order valence-corrected chi connectivity index (χ0v) is 21.5. The van der Waals surface area contributed by atoms with Gasteiger partial charge in [-0.1, -0.05) is 39.3 Å². The Kier molecular flexibility index (Phi) is 4.02. The van der Waals surface area contributed by atoms with Crippen molar-refractivity contribution in [2.75, 3.05) is 6.54 Å². The molecule has 4 heterocycles. The zero-order chi connectivity index (χ0) is 24.8. The van der Waals surface area contributed by atoms with E-state index in [2.05, 4.69) is 38.7 Å². The van der Waals surface area contributed by atoms with Crippen LogP contribution in [0.3, 0.4) is 0 Å². The fraction of sp³-hybridized carbons (Fsp3) is 0.724. The number of esters is 1. The van der Waals surface area contributed by atoms with Gasteiger partial charge in [0.25, 0.3) is 0 Å². The smallest absolute Gasteiger partial charge is 0.308 e. The lowest BCUT2D eigenvalue weighted by Crippen LogP contribution is -2.82. The summed E-state index contributed by atoms with van der Waals surface area (Å²) in [6, 6.07) is 0. The van der Waals surface area contributed by atoms with Gasteiger partial charge in [0, 0.05) is 35.8 Å². The average molecular weight is 480 g/mol. The van der Waals surface area contributed by atoms with Crippen LogP contribution in [-0.4, -0.2) is 45.9 Å². The second kappa shape index (κ2) is 6.31. The molecule has 0 aromatic carbocycles. The van der Waals surface area contributed by atoms with Crippen molar-refractivity contribution in [1.29, 1.82) is 0 Å². The maximum atomic E-state index is 14.0. The molecule has 4 bridgehead atoms. The Morgan fingerprint density at radius 3 is 2.69 bits per heavy atom.